The lowest BCUT2D eigenvalue weighted by atomic mass is 10.0. The van der Waals surface area contributed by atoms with E-state index in [0.29, 0.717) is 23.9 Å². The van der Waals surface area contributed by atoms with Crippen LogP contribution in [0.4, 0.5) is 10.5 Å². The number of ether oxygens (including phenoxy) is 2. The molecule has 2 aliphatic rings. The van der Waals surface area contributed by atoms with Crippen LogP contribution in [0.15, 0.2) is 24.4 Å². The number of anilines is 1. The van der Waals surface area contributed by atoms with Gasteiger partial charge in [-0.3, -0.25) is 14.7 Å². The first kappa shape index (κ1) is 29.1. The third-order valence-corrected chi connectivity index (χ3v) is 6.76. The zero-order valence-electron chi connectivity index (χ0n) is 23.1. The van der Waals surface area contributed by atoms with E-state index in [2.05, 4.69) is 29.2 Å². The van der Waals surface area contributed by atoms with Gasteiger partial charge < -0.3 is 14.4 Å². The number of aromatic nitrogens is 1. The second kappa shape index (κ2) is 13.9. The van der Waals surface area contributed by atoms with E-state index in [1.165, 1.54) is 6.08 Å². The van der Waals surface area contributed by atoms with Crippen molar-refractivity contribution in [2.24, 2.45) is 5.92 Å². The fourth-order valence-corrected chi connectivity index (χ4v) is 4.64. The van der Waals surface area contributed by atoms with Crippen molar-refractivity contribution < 1.29 is 23.9 Å². The van der Waals surface area contributed by atoms with Crippen LogP contribution in [0.25, 0.3) is 6.08 Å². The van der Waals surface area contributed by atoms with Crippen molar-refractivity contribution in [1.82, 2.24) is 15.4 Å². The Balaban J connectivity index is 1.64. The SMILES string of the molecule is CCC(CC)CN1CC[C@@H](N(C(=O)OC(C)(C)C)c2ccc(C=CC(=O)NOC3CCCCO3)nc2)C1. The molecule has 3 rings (SSSR count). The molecule has 0 aliphatic carbocycles. The number of amides is 2. The molecule has 2 amide bonds. The van der Waals surface area contributed by atoms with Gasteiger partial charge in [0, 0.05) is 38.7 Å². The van der Waals surface area contributed by atoms with Crippen molar-refractivity contribution in [3.63, 3.8) is 0 Å². The van der Waals surface area contributed by atoms with E-state index in [0.717, 1.165) is 58.2 Å². The minimum absolute atomic E-state index is 0.0114. The molecule has 2 aliphatic heterocycles. The smallest absolute Gasteiger partial charge is 0.415 e. The van der Waals surface area contributed by atoms with Crippen LogP contribution in [0.3, 0.4) is 0 Å². The predicted molar refractivity (Wildman–Crippen MR) is 144 cm³/mol. The number of hydroxylamine groups is 1. The van der Waals surface area contributed by atoms with Crippen molar-refractivity contribution in [2.75, 3.05) is 31.1 Å². The molecule has 3 heterocycles. The predicted octanol–water partition coefficient (Wildman–Crippen LogP) is 4.92. The summed E-state index contributed by atoms with van der Waals surface area (Å²) in [5, 5.41) is 0. The molecule has 2 saturated heterocycles. The molecule has 0 radical (unpaired) electrons. The summed E-state index contributed by atoms with van der Waals surface area (Å²) in [6.07, 6.45) is 9.86. The van der Waals surface area contributed by atoms with E-state index >= 15 is 0 Å². The number of nitrogens with zero attached hydrogens (tertiary/aromatic N) is 3. The lowest BCUT2D eigenvalue weighted by Gasteiger charge is -2.32. The Morgan fingerprint density at radius 2 is 2.03 bits per heavy atom. The summed E-state index contributed by atoms with van der Waals surface area (Å²) in [6, 6.07) is 3.65. The summed E-state index contributed by atoms with van der Waals surface area (Å²) >= 11 is 0. The highest BCUT2D eigenvalue weighted by atomic mass is 16.8. The van der Waals surface area contributed by atoms with E-state index in [-0.39, 0.29) is 18.0 Å². The van der Waals surface area contributed by atoms with Crippen LogP contribution in [0, 0.1) is 5.92 Å². The number of rotatable bonds is 10. The molecule has 1 unspecified atom stereocenters. The first-order chi connectivity index (χ1) is 17.7. The molecule has 0 aromatic carbocycles. The summed E-state index contributed by atoms with van der Waals surface area (Å²) in [5.41, 5.74) is 3.08. The van der Waals surface area contributed by atoms with E-state index < -0.39 is 11.9 Å². The second-order valence-electron chi connectivity index (χ2n) is 10.9. The van der Waals surface area contributed by atoms with Gasteiger partial charge in [-0.05, 0) is 64.2 Å². The molecule has 9 heteroatoms. The van der Waals surface area contributed by atoms with Crippen molar-refractivity contribution in [3.8, 4) is 0 Å². The molecule has 37 heavy (non-hydrogen) atoms. The lowest BCUT2D eigenvalue weighted by molar-refractivity contribution is -0.198. The van der Waals surface area contributed by atoms with E-state index in [1.54, 1.807) is 23.2 Å². The van der Waals surface area contributed by atoms with E-state index in [4.69, 9.17) is 14.3 Å². The molecule has 9 nitrogen and oxygen atoms in total. The van der Waals surface area contributed by atoms with E-state index in [9.17, 15) is 9.59 Å². The minimum atomic E-state index is -0.600. The van der Waals surface area contributed by atoms with Crippen LogP contribution in [0.2, 0.25) is 0 Å². The summed E-state index contributed by atoms with van der Waals surface area (Å²) in [5.74, 6) is 0.276. The van der Waals surface area contributed by atoms with Gasteiger partial charge in [0.2, 0.25) is 0 Å². The standard InChI is InChI=1S/C28H44N4O5/c1-6-21(7-2)19-31-16-15-24(20-31)32(27(34)36-28(3,4)5)23-13-11-22(29-18-23)12-14-25(33)30-37-26-10-8-9-17-35-26/h11-14,18,21,24,26H,6-10,15-17,19-20H2,1-5H3,(H,30,33)/t24-,26?/m1/s1. The molecule has 2 atom stereocenters. The van der Waals surface area contributed by atoms with Gasteiger partial charge in [-0.2, -0.15) is 0 Å². The molecule has 1 aromatic rings. The average Bonchev–Trinajstić information content (AvgIpc) is 3.33. The normalized spacial score (nSPS) is 20.9. The Hall–Kier alpha value is -2.49. The maximum absolute atomic E-state index is 13.3. The van der Waals surface area contributed by atoms with Gasteiger partial charge >= 0.3 is 6.09 Å². The van der Waals surface area contributed by atoms with Gasteiger partial charge in [0.05, 0.1) is 23.6 Å². The molecule has 0 saturated carbocycles. The molecular formula is C28H44N4O5. The third-order valence-electron chi connectivity index (χ3n) is 6.76. The maximum atomic E-state index is 13.3. The summed E-state index contributed by atoms with van der Waals surface area (Å²) in [6.45, 7) is 13.5. The second-order valence-corrected chi connectivity index (χ2v) is 10.9. The summed E-state index contributed by atoms with van der Waals surface area (Å²) < 4.78 is 11.2. The van der Waals surface area contributed by atoms with Crippen molar-refractivity contribution >= 4 is 23.8 Å². The fourth-order valence-electron chi connectivity index (χ4n) is 4.64. The molecule has 1 N–H and O–H groups in total. The van der Waals surface area contributed by atoms with Crippen LogP contribution in [-0.2, 0) is 19.1 Å². The Kier molecular flexibility index (Phi) is 10.9. The quantitative estimate of drug-likeness (QED) is 0.348. The number of hydrogen-bond acceptors (Lipinski definition) is 7. The van der Waals surface area contributed by atoms with Gasteiger partial charge in [0.15, 0.2) is 6.29 Å². The van der Waals surface area contributed by atoms with Crippen LogP contribution in [-0.4, -0.2) is 66.1 Å². The van der Waals surface area contributed by atoms with Gasteiger partial charge in [0.25, 0.3) is 5.91 Å². The van der Waals surface area contributed by atoms with Gasteiger partial charge in [0.1, 0.15) is 5.60 Å². The Morgan fingerprint density at radius 1 is 1.24 bits per heavy atom. The highest BCUT2D eigenvalue weighted by molar-refractivity contribution is 5.91. The number of carbonyl (C=O) groups excluding carboxylic acids is 2. The van der Waals surface area contributed by atoms with Crippen molar-refractivity contribution in [2.45, 2.75) is 91.1 Å². The molecule has 206 valence electrons. The van der Waals surface area contributed by atoms with Crippen molar-refractivity contribution in [3.05, 3.63) is 30.1 Å². The molecule has 2 fully saturated rings. The van der Waals surface area contributed by atoms with Crippen LogP contribution in [0.1, 0.15) is 78.8 Å². The number of likely N-dealkylation sites (tertiary alicyclic amines) is 1. The highest BCUT2D eigenvalue weighted by Crippen LogP contribution is 2.27. The topological polar surface area (TPSA) is 93.2 Å². The number of nitrogens with one attached hydrogen (secondary N) is 1. The van der Waals surface area contributed by atoms with Gasteiger partial charge in [-0.25, -0.2) is 15.1 Å². The zero-order valence-corrected chi connectivity index (χ0v) is 23.1. The largest absolute Gasteiger partial charge is 0.443 e. The number of carbonyl (C=O) groups is 2. The van der Waals surface area contributed by atoms with Crippen LogP contribution >= 0.6 is 0 Å². The van der Waals surface area contributed by atoms with Crippen LogP contribution in [0.5, 0.6) is 0 Å². The van der Waals surface area contributed by atoms with E-state index in [1.807, 2.05) is 26.8 Å². The Bertz CT molecular complexity index is 889. The van der Waals surface area contributed by atoms with Crippen molar-refractivity contribution in [1.29, 1.82) is 0 Å². The summed E-state index contributed by atoms with van der Waals surface area (Å²) in [4.78, 5) is 39.3. The first-order valence-electron chi connectivity index (χ1n) is 13.6. The molecular weight excluding hydrogens is 472 g/mol. The fraction of sp³-hybridized carbons (Fsp3) is 0.679. The Morgan fingerprint density at radius 3 is 2.65 bits per heavy atom. The highest BCUT2D eigenvalue weighted by Gasteiger charge is 2.35. The minimum Gasteiger partial charge on any atom is -0.443 e. The summed E-state index contributed by atoms with van der Waals surface area (Å²) in [7, 11) is 0. The molecule has 0 spiro atoms. The third kappa shape index (κ3) is 9.39. The molecule has 1 aromatic heterocycles. The number of hydrogen-bond donors (Lipinski definition) is 1. The number of pyridine rings is 1. The molecule has 0 bridgehead atoms. The van der Waals surface area contributed by atoms with Gasteiger partial charge in [-0.1, -0.05) is 26.7 Å². The maximum Gasteiger partial charge on any atom is 0.415 e. The Labute approximate surface area is 221 Å². The lowest BCUT2D eigenvalue weighted by Crippen LogP contribution is -2.45. The average molecular weight is 517 g/mol. The van der Waals surface area contributed by atoms with Gasteiger partial charge in [-0.15, -0.1) is 0 Å². The first-order valence-corrected chi connectivity index (χ1v) is 13.6. The monoisotopic (exact) mass is 516 g/mol. The van der Waals surface area contributed by atoms with Crippen LogP contribution < -0.4 is 10.4 Å². The zero-order chi connectivity index (χ0) is 26.8.